The average molecular weight is 347 g/mol. The Labute approximate surface area is 136 Å². The summed E-state index contributed by atoms with van der Waals surface area (Å²) < 4.78 is 2.83. The Morgan fingerprint density at radius 1 is 0.636 bits per heavy atom. The van der Waals surface area contributed by atoms with Crippen LogP contribution in [0.1, 0.15) is 5.56 Å². The Morgan fingerprint density at radius 3 is 1.59 bits per heavy atom. The number of aliphatic imine (C=N–C) groups is 1. The van der Waals surface area contributed by atoms with E-state index >= 15 is 0 Å². The summed E-state index contributed by atoms with van der Waals surface area (Å²) in [6.45, 7) is 0.756. The molecule has 108 valence electrons. The first-order chi connectivity index (χ1) is 10.9. The van der Waals surface area contributed by atoms with Gasteiger partial charge in [0.25, 0.3) is 0 Å². The molecule has 2 heteroatoms. The number of hydrogen-bond donors (Lipinski definition) is 0. The van der Waals surface area contributed by atoms with Gasteiger partial charge in [0.1, 0.15) is 0 Å². The fourth-order valence-corrected chi connectivity index (χ4v) is 6.04. The van der Waals surface area contributed by atoms with Crippen LogP contribution in [0.5, 0.6) is 0 Å². The molecule has 0 bridgehead atoms. The van der Waals surface area contributed by atoms with Gasteiger partial charge in [0.05, 0.1) is 0 Å². The van der Waals surface area contributed by atoms with Crippen molar-refractivity contribution >= 4 is 28.4 Å². The van der Waals surface area contributed by atoms with Crippen molar-refractivity contribution < 1.29 is 0 Å². The van der Waals surface area contributed by atoms with Crippen LogP contribution >= 0.6 is 0 Å². The molecule has 0 radical (unpaired) electrons. The van der Waals surface area contributed by atoms with E-state index in [1.807, 2.05) is 6.07 Å². The van der Waals surface area contributed by atoms with E-state index in [0.717, 1.165) is 6.54 Å². The topological polar surface area (TPSA) is 12.4 Å². The molecule has 0 aliphatic carbocycles. The summed E-state index contributed by atoms with van der Waals surface area (Å²) in [4.78, 5) is 4.73. The molecule has 3 aromatic carbocycles. The maximum absolute atomic E-state index is 4.73. The van der Waals surface area contributed by atoms with Crippen LogP contribution in [0.4, 0.5) is 0 Å². The Morgan fingerprint density at radius 2 is 1.09 bits per heavy atom. The van der Waals surface area contributed by atoms with Crippen molar-refractivity contribution in [3.63, 3.8) is 0 Å². The van der Waals surface area contributed by atoms with E-state index < -0.39 is 14.7 Å². The van der Waals surface area contributed by atoms with Crippen LogP contribution in [0.25, 0.3) is 0 Å². The molecule has 0 spiro atoms. The third-order valence-electron chi connectivity index (χ3n) is 3.38. The second kappa shape index (κ2) is 7.77. The molecule has 0 saturated carbocycles. The molecule has 0 fully saturated rings. The fourth-order valence-electron chi connectivity index (χ4n) is 2.27. The van der Waals surface area contributed by atoms with Crippen LogP contribution < -0.4 is 8.70 Å². The molecular weight excluding hydrogens is 329 g/mol. The summed E-state index contributed by atoms with van der Waals surface area (Å²) in [6, 6.07) is 31.9. The third kappa shape index (κ3) is 3.96. The molecule has 0 unspecified atom stereocenters. The Bertz CT molecular complexity index is 669. The zero-order valence-corrected chi connectivity index (χ0v) is 14.2. The summed E-state index contributed by atoms with van der Waals surface area (Å²) >= 11 is -1.46. The van der Waals surface area contributed by atoms with Crippen molar-refractivity contribution in [1.82, 2.24) is 0 Å². The normalized spacial score (nSPS) is 11.1. The van der Waals surface area contributed by atoms with Crippen LogP contribution in [0.3, 0.4) is 0 Å². The van der Waals surface area contributed by atoms with E-state index in [1.54, 1.807) is 0 Å². The summed E-state index contributed by atoms with van der Waals surface area (Å²) in [6.07, 6.45) is 0. The van der Waals surface area contributed by atoms with Gasteiger partial charge in [-0.15, -0.1) is 0 Å². The van der Waals surface area contributed by atoms with Crippen LogP contribution in [-0.4, -0.2) is 19.7 Å². The molecule has 22 heavy (non-hydrogen) atoms. The molecule has 0 aromatic heterocycles. The number of nitrogens with zero attached hydrogens (tertiary/aromatic N) is 1. The van der Waals surface area contributed by atoms with Gasteiger partial charge in [-0.05, 0) is 0 Å². The van der Waals surface area contributed by atoms with Crippen molar-refractivity contribution in [3.05, 3.63) is 96.6 Å². The Kier molecular flexibility index (Phi) is 5.23. The van der Waals surface area contributed by atoms with E-state index in [9.17, 15) is 0 Å². The third-order valence-corrected chi connectivity index (χ3v) is 7.80. The van der Waals surface area contributed by atoms with Gasteiger partial charge in [-0.25, -0.2) is 0 Å². The molecule has 0 aliphatic rings. The van der Waals surface area contributed by atoms with Crippen molar-refractivity contribution in [2.24, 2.45) is 4.99 Å². The Balaban J connectivity index is 1.83. The molecular formula is C20H18AsN. The van der Waals surface area contributed by atoms with Gasteiger partial charge in [-0.3, -0.25) is 0 Å². The fraction of sp³-hybridized carbons (Fsp3) is 0.0500. The molecule has 0 amide bonds. The van der Waals surface area contributed by atoms with Gasteiger partial charge >= 0.3 is 136 Å². The molecule has 3 rings (SSSR count). The second-order valence-corrected chi connectivity index (χ2v) is 9.19. The van der Waals surface area contributed by atoms with E-state index in [-0.39, 0.29) is 0 Å². The van der Waals surface area contributed by atoms with Crippen LogP contribution in [0.15, 0.2) is 96.0 Å². The van der Waals surface area contributed by atoms with Gasteiger partial charge in [0.2, 0.25) is 0 Å². The zero-order valence-electron chi connectivity index (χ0n) is 12.3. The SMILES string of the molecule is C(=NCc1ccccc1)[As](c1ccccc1)c1ccccc1. The Hall–Kier alpha value is -2.11. The molecule has 3 aromatic rings. The van der Waals surface area contributed by atoms with Crippen molar-refractivity contribution in [3.8, 4) is 0 Å². The van der Waals surface area contributed by atoms with E-state index in [0.29, 0.717) is 0 Å². The van der Waals surface area contributed by atoms with Gasteiger partial charge in [0.15, 0.2) is 0 Å². The van der Waals surface area contributed by atoms with E-state index in [1.165, 1.54) is 14.3 Å². The molecule has 0 saturated heterocycles. The standard InChI is InChI=1S/C20H18AsN/c1-4-10-18(11-5-1)16-22-17-21(19-12-6-2-7-13-19)20-14-8-3-9-15-20/h1-15,17H,16H2. The number of hydrogen-bond acceptors (Lipinski definition) is 1. The van der Waals surface area contributed by atoms with Crippen LogP contribution in [0, 0.1) is 0 Å². The monoisotopic (exact) mass is 347 g/mol. The maximum atomic E-state index is 4.73. The van der Waals surface area contributed by atoms with Crippen LogP contribution in [0.2, 0.25) is 0 Å². The number of benzene rings is 3. The van der Waals surface area contributed by atoms with Gasteiger partial charge in [-0.1, -0.05) is 0 Å². The summed E-state index contributed by atoms with van der Waals surface area (Å²) in [5.74, 6) is 0. The number of rotatable bonds is 5. The second-order valence-electron chi connectivity index (χ2n) is 4.98. The van der Waals surface area contributed by atoms with Crippen molar-refractivity contribution in [1.29, 1.82) is 0 Å². The predicted octanol–water partition coefficient (Wildman–Crippen LogP) is 3.11. The summed E-state index contributed by atoms with van der Waals surface area (Å²) in [5, 5.41) is 2.21. The summed E-state index contributed by atoms with van der Waals surface area (Å²) in [7, 11) is 0. The first kappa shape index (κ1) is 14.8. The van der Waals surface area contributed by atoms with Crippen molar-refractivity contribution in [2.75, 3.05) is 0 Å². The zero-order chi connectivity index (χ0) is 15.0. The molecule has 1 nitrogen and oxygen atoms in total. The van der Waals surface area contributed by atoms with Crippen molar-refractivity contribution in [2.45, 2.75) is 6.54 Å². The van der Waals surface area contributed by atoms with Gasteiger partial charge in [0, 0.05) is 0 Å². The quantitative estimate of drug-likeness (QED) is 0.497. The van der Waals surface area contributed by atoms with Crippen LogP contribution in [-0.2, 0) is 6.54 Å². The van der Waals surface area contributed by atoms with E-state index in [2.05, 4.69) is 89.9 Å². The minimum atomic E-state index is -1.46. The van der Waals surface area contributed by atoms with E-state index in [4.69, 9.17) is 4.99 Å². The molecule has 0 heterocycles. The average Bonchev–Trinajstić information content (AvgIpc) is 2.61. The first-order valence-corrected chi connectivity index (χ1v) is 10.3. The van der Waals surface area contributed by atoms with Gasteiger partial charge < -0.3 is 0 Å². The van der Waals surface area contributed by atoms with Gasteiger partial charge in [-0.2, -0.15) is 0 Å². The molecule has 0 N–H and O–H groups in total. The summed E-state index contributed by atoms with van der Waals surface area (Å²) in [5.41, 5.74) is 1.26. The predicted molar refractivity (Wildman–Crippen MR) is 96.5 cm³/mol. The first-order valence-electron chi connectivity index (χ1n) is 7.37. The molecule has 0 aliphatic heterocycles. The molecule has 0 atom stereocenters. The minimum absolute atomic E-state index is 0.756.